The maximum atomic E-state index is 12.5. The largest absolute Gasteiger partial charge is 0.465 e. The van der Waals surface area contributed by atoms with E-state index >= 15 is 0 Å². The maximum Gasteiger partial charge on any atom is 0.337 e. The Balaban J connectivity index is 1.33. The summed E-state index contributed by atoms with van der Waals surface area (Å²) in [6.07, 6.45) is 1.51. The van der Waals surface area contributed by atoms with E-state index in [4.69, 9.17) is 13.6 Å². The molecule has 0 aliphatic carbocycles. The van der Waals surface area contributed by atoms with Gasteiger partial charge in [0, 0.05) is 31.9 Å². The summed E-state index contributed by atoms with van der Waals surface area (Å²) in [7, 11) is 1.31. The number of carbonyl (C=O) groups excluding carboxylic acids is 2. The number of nitriles is 1. The standard InChI is InChI=1S/C22H21N5O5/c1-30-22(29)15-4-2-5-16(12-15)24-19(28)14-26-7-9-27(10-8-26)21-17(13-23)25-20(32-21)18-6-3-11-31-18/h2-6,11-12H,7-10,14H2,1H3,(H,24,28). The molecule has 0 spiro atoms. The van der Waals surface area contributed by atoms with Crippen molar-refractivity contribution in [2.45, 2.75) is 0 Å². The molecular formula is C22H21N5O5. The summed E-state index contributed by atoms with van der Waals surface area (Å²) < 4.78 is 15.8. The predicted octanol–water partition coefficient (Wildman–Crippen LogP) is 2.35. The molecule has 2 aromatic heterocycles. The number of nitrogens with zero attached hydrogens (tertiary/aromatic N) is 4. The van der Waals surface area contributed by atoms with Gasteiger partial charge in [0.15, 0.2) is 5.76 Å². The van der Waals surface area contributed by atoms with E-state index in [2.05, 4.69) is 16.4 Å². The van der Waals surface area contributed by atoms with Crippen molar-refractivity contribution < 1.29 is 23.2 Å². The highest BCUT2D eigenvalue weighted by atomic mass is 16.5. The summed E-state index contributed by atoms with van der Waals surface area (Å²) in [6, 6.07) is 12.1. The van der Waals surface area contributed by atoms with Crippen LogP contribution in [0, 0.1) is 11.3 Å². The Morgan fingerprint density at radius 3 is 2.72 bits per heavy atom. The Morgan fingerprint density at radius 1 is 1.22 bits per heavy atom. The molecular weight excluding hydrogens is 414 g/mol. The number of oxazole rings is 1. The van der Waals surface area contributed by atoms with Gasteiger partial charge in [-0.05, 0) is 30.3 Å². The molecule has 10 nitrogen and oxygen atoms in total. The number of benzene rings is 1. The summed E-state index contributed by atoms with van der Waals surface area (Å²) in [5.41, 5.74) is 1.10. The number of amides is 1. The zero-order valence-electron chi connectivity index (χ0n) is 17.4. The van der Waals surface area contributed by atoms with Crippen molar-refractivity contribution in [3.05, 3.63) is 53.9 Å². The molecule has 10 heteroatoms. The highest BCUT2D eigenvalue weighted by Gasteiger charge is 2.26. The molecule has 1 aliphatic rings. The van der Waals surface area contributed by atoms with Crippen molar-refractivity contribution in [2.75, 3.05) is 50.1 Å². The van der Waals surface area contributed by atoms with Gasteiger partial charge >= 0.3 is 5.97 Å². The van der Waals surface area contributed by atoms with Crippen LogP contribution in [0.25, 0.3) is 11.7 Å². The first kappa shape index (κ1) is 21.1. The first-order chi connectivity index (χ1) is 15.6. The van der Waals surface area contributed by atoms with Crippen molar-refractivity contribution in [1.29, 1.82) is 5.26 Å². The van der Waals surface area contributed by atoms with Crippen LogP contribution in [-0.4, -0.2) is 61.6 Å². The number of rotatable bonds is 6. The van der Waals surface area contributed by atoms with Crippen molar-refractivity contribution >= 4 is 23.4 Å². The molecule has 32 heavy (non-hydrogen) atoms. The zero-order chi connectivity index (χ0) is 22.5. The Labute approximate surface area is 184 Å². The van der Waals surface area contributed by atoms with E-state index in [0.29, 0.717) is 49.1 Å². The van der Waals surface area contributed by atoms with Crippen LogP contribution in [0.5, 0.6) is 0 Å². The van der Waals surface area contributed by atoms with Crippen LogP contribution in [0.1, 0.15) is 16.1 Å². The molecule has 4 rings (SSSR count). The SMILES string of the molecule is COC(=O)c1cccc(NC(=O)CN2CCN(c3oc(-c4ccco4)nc3C#N)CC2)c1. The minimum Gasteiger partial charge on any atom is -0.465 e. The minimum atomic E-state index is -0.462. The number of anilines is 2. The number of methoxy groups -OCH3 is 1. The topological polar surface area (TPSA) is 125 Å². The number of piperazine rings is 1. The number of hydrogen-bond acceptors (Lipinski definition) is 9. The third-order valence-electron chi connectivity index (χ3n) is 5.04. The number of aromatic nitrogens is 1. The lowest BCUT2D eigenvalue weighted by Gasteiger charge is -2.34. The van der Waals surface area contributed by atoms with Crippen LogP contribution in [0.15, 0.2) is 51.5 Å². The molecule has 0 atom stereocenters. The van der Waals surface area contributed by atoms with Gasteiger partial charge in [0.1, 0.15) is 6.07 Å². The molecule has 3 aromatic rings. The normalized spacial score (nSPS) is 14.1. The first-order valence-corrected chi connectivity index (χ1v) is 9.97. The molecule has 1 fully saturated rings. The van der Waals surface area contributed by atoms with Crippen molar-refractivity contribution in [3.63, 3.8) is 0 Å². The fraction of sp³-hybridized carbons (Fsp3) is 0.273. The smallest absolute Gasteiger partial charge is 0.337 e. The first-order valence-electron chi connectivity index (χ1n) is 9.97. The monoisotopic (exact) mass is 435 g/mol. The van der Waals surface area contributed by atoms with E-state index in [0.717, 1.165) is 0 Å². The average molecular weight is 435 g/mol. The lowest BCUT2D eigenvalue weighted by Crippen LogP contribution is -2.48. The van der Waals surface area contributed by atoms with E-state index in [1.54, 1.807) is 36.4 Å². The third-order valence-corrected chi connectivity index (χ3v) is 5.04. The van der Waals surface area contributed by atoms with Crippen LogP contribution in [0.4, 0.5) is 11.6 Å². The molecule has 0 unspecified atom stereocenters. The van der Waals surface area contributed by atoms with Gasteiger partial charge in [-0.15, -0.1) is 0 Å². The summed E-state index contributed by atoms with van der Waals surface area (Å²) in [5, 5.41) is 12.2. The van der Waals surface area contributed by atoms with Gasteiger partial charge in [0.2, 0.25) is 17.5 Å². The number of nitrogens with one attached hydrogen (secondary N) is 1. The quantitative estimate of drug-likeness (QED) is 0.581. The number of ether oxygens (including phenoxy) is 1. The van der Waals surface area contributed by atoms with Crippen LogP contribution in [0.3, 0.4) is 0 Å². The summed E-state index contributed by atoms with van der Waals surface area (Å²) >= 11 is 0. The molecule has 1 aliphatic heterocycles. The molecule has 1 saturated heterocycles. The average Bonchev–Trinajstić information content (AvgIpc) is 3.49. The predicted molar refractivity (Wildman–Crippen MR) is 114 cm³/mol. The Kier molecular flexibility index (Phi) is 6.19. The lowest BCUT2D eigenvalue weighted by molar-refractivity contribution is -0.117. The highest BCUT2D eigenvalue weighted by molar-refractivity contribution is 5.95. The molecule has 0 bridgehead atoms. The lowest BCUT2D eigenvalue weighted by atomic mass is 10.2. The van der Waals surface area contributed by atoms with Crippen molar-refractivity contribution in [1.82, 2.24) is 9.88 Å². The summed E-state index contributed by atoms with van der Waals surface area (Å²) in [6.45, 7) is 2.57. The van der Waals surface area contributed by atoms with Crippen LogP contribution in [-0.2, 0) is 9.53 Å². The van der Waals surface area contributed by atoms with Crippen LogP contribution >= 0.6 is 0 Å². The molecule has 0 saturated carbocycles. The number of furan rings is 1. The van der Waals surface area contributed by atoms with E-state index in [-0.39, 0.29) is 24.0 Å². The van der Waals surface area contributed by atoms with Gasteiger partial charge in [-0.25, -0.2) is 4.79 Å². The van der Waals surface area contributed by atoms with Crippen molar-refractivity contribution in [3.8, 4) is 17.7 Å². The van der Waals surface area contributed by atoms with Gasteiger partial charge in [-0.1, -0.05) is 6.07 Å². The summed E-state index contributed by atoms with van der Waals surface area (Å²) in [4.78, 5) is 32.3. The Morgan fingerprint density at radius 2 is 2.03 bits per heavy atom. The number of esters is 1. The minimum absolute atomic E-state index is 0.182. The molecule has 1 aromatic carbocycles. The van der Waals surface area contributed by atoms with Crippen molar-refractivity contribution in [2.24, 2.45) is 0 Å². The van der Waals surface area contributed by atoms with E-state index < -0.39 is 5.97 Å². The summed E-state index contributed by atoms with van der Waals surface area (Å²) in [5.74, 6) is 0.481. The highest BCUT2D eigenvalue weighted by Crippen LogP contribution is 2.29. The number of carbonyl (C=O) groups is 2. The zero-order valence-corrected chi connectivity index (χ0v) is 17.4. The fourth-order valence-corrected chi connectivity index (χ4v) is 3.46. The third kappa shape index (κ3) is 4.63. The van der Waals surface area contributed by atoms with Gasteiger partial charge in [0.25, 0.3) is 5.89 Å². The van der Waals surface area contributed by atoms with Gasteiger partial charge in [-0.2, -0.15) is 10.2 Å². The molecule has 164 valence electrons. The second-order valence-corrected chi connectivity index (χ2v) is 7.15. The second-order valence-electron chi connectivity index (χ2n) is 7.15. The van der Waals surface area contributed by atoms with Crippen LogP contribution < -0.4 is 10.2 Å². The fourth-order valence-electron chi connectivity index (χ4n) is 3.46. The van der Waals surface area contributed by atoms with Gasteiger partial charge < -0.3 is 23.8 Å². The molecule has 1 amide bonds. The maximum absolute atomic E-state index is 12.5. The Hall–Kier alpha value is -4.10. The van der Waals surface area contributed by atoms with E-state index in [1.807, 2.05) is 9.80 Å². The van der Waals surface area contributed by atoms with Crippen LogP contribution in [0.2, 0.25) is 0 Å². The van der Waals surface area contributed by atoms with E-state index in [1.165, 1.54) is 13.4 Å². The van der Waals surface area contributed by atoms with E-state index in [9.17, 15) is 14.9 Å². The van der Waals surface area contributed by atoms with Gasteiger partial charge in [0.05, 0.1) is 25.5 Å². The number of hydrogen-bond donors (Lipinski definition) is 1. The molecule has 0 radical (unpaired) electrons. The second kappa shape index (κ2) is 9.36. The Bertz CT molecular complexity index is 1140. The molecule has 1 N–H and O–H groups in total. The molecule has 3 heterocycles. The van der Waals surface area contributed by atoms with Gasteiger partial charge in [-0.3, -0.25) is 9.69 Å².